The molecular formula is C12H15BrFNO. The molecule has 0 heterocycles. The Bertz CT molecular complexity index is 372. The fourth-order valence-electron chi connectivity index (χ4n) is 1.99. The summed E-state index contributed by atoms with van der Waals surface area (Å²) in [6.07, 6.45) is 3.06. The van der Waals surface area contributed by atoms with E-state index in [1.807, 2.05) is 0 Å². The van der Waals surface area contributed by atoms with Gasteiger partial charge in [-0.3, -0.25) is 0 Å². The number of benzene rings is 1. The summed E-state index contributed by atoms with van der Waals surface area (Å²) in [4.78, 5) is 0. The van der Waals surface area contributed by atoms with Crippen molar-refractivity contribution in [3.63, 3.8) is 0 Å². The number of ether oxygens (including phenoxy) is 1. The van der Waals surface area contributed by atoms with Crippen molar-refractivity contribution in [3.8, 4) is 0 Å². The van der Waals surface area contributed by atoms with Crippen LogP contribution in [0, 0.1) is 5.82 Å². The van der Waals surface area contributed by atoms with E-state index in [1.165, 1.54) is 6.07 Å². The third kappa shape index (κ3) is 3.03. The second kappa shape index (κ2) is 5.25. The zero-order valence-electron chi connectivity index (χ0n) is 8.96. The molecule has 0 aromatic heterocycles. The molecule has 2 rings (SSSR count). The van der Waals surface area contributed by atoms with Crippen LogP contribution in [0.2, 0.25) is 0 Å². The van der Waals surface area contributed by atoms with Crippen LogP contribution in [0.5, 0.6) is 0 Å². The first-order valence-corrected chi connectivity index (χ1v) is 6.25. The molecular weight excluding hydrogens is 273 g/mol. The summed E-state index contributed by atoms with van der Waals surface area (Å²) >= 11 is 3.32. The molecule has 1 fully saturated rings. The van der Waals surface area contributed by atoms with Gasteiger partial charge in [-0.05, 0) is 37.5 Å². The minimum absolute atomic E-state index is 0.188. The molecule has 2 N–H and O–H groups in total. The fraction of sp³-hybridized carbons (Fsp3) is 0.500. The minimum Gasteiger partial charge on any atom is -0.373 e. The van der Waals surface area contributed by atoms with Gasteiger partial charge in [0.05, 0.1) is 12.7 Å². The van der Waals surface area contributed by atoms with Crippen LogP contribution >= 0.6 is 15.9 Å². The molecule has 16 heavy (non-hydrogen) atoms. The Morgan fingerprint density at radius 3 is 2.94 bits per heavy atom. The third-order valence-corrected chi connectivity index (χ3v) is 3.40. The summed E-state index contributed by atoms with van der Waals surface area (Å²) in [5.41, 5.74) is 6.38. The first-order chi connectivity index (χ1) is 7.65. The Labute approximate surface area is 103 Å². The summed E-state index contributed by atoms with van der Waals surface area (Å²) < 4.78 is 19.9. The van der Waals surface area contributed by atoms with Gasteiger partial charge in [-0.1, -0.05) is 15.9 Å². The van der Waals surface area contributed by atoms with Gasteiger partial charge in [0.2, 0.25) is 0 Å². The van der Waals surface area contributed by atoms with Crippen LogP contribution in [-0.4, -0.2) is 12.1 Å². The first-order valence-electron chi connectivity index (χ1n) is 5.46. The Balaban J connectivity index is 1.91. The lowest BCUT2D eigenvalue weighted by Crippen LogP contribution is -2.17. The lowest BCUT2D eigenvalue weighted by atomic mass is 10.2. The van der Waals surface area contributed by atoms with E-state index in [1.54, 1.807) is 12.1 Å². The zero-order valence-corrected chi connectivity index (χ0v) is 10.5. The van der Waals surface area contributed by atoms with Crippen molar-refractivity contribution in [1.29, 1.82) is 0 Å². The van der Waals surface area contributed by atoms with Crippen LogP contribution in [0.4, 0.5) is 4.39 Å². The van der Waals surface area contributed by atoms with Gasteiger partial charge in [-0.25, -0.2) is 4.39 Å². The Morgan fingerprint density at radius 2 is 2.25 bits per heavy atom. The highest BCUT2D eigenvalue weighted by Crippen LogP contribution is 2.23. The molecule has 2 unspecified atom stereocenters. The molecule has 0 bridgehead atoms. The number of hydrogen-bond acceptors (Lipinski definition) is 2. The van der Waals surface area contributed by atoms with E-state index in [0.717, 1.165) is 23.7 Å². The topological polar surface area (TPSA) is 35.2 Å². The zero-order chi connectivity index (χ0) is 11.5. The van der Waals surface area contributed by atoms with Crippen LogP contribution < -0.4 is 5.73 Å². The van der Waals surface area contributed by atoms with Gasteiger partial charge in [-0.15, -0.1) is 0 Å². The van der Waals surface area contributed by atoms with Crippen molar-refractivity contribution >= 4 is 15.9 Å². The van der Waals surface area contributed by atoms with Crippen molar-refractivity contribution < 1.29 is 9.13 Å². The van der Waals surface area contributed by atoms with Gasteiger partial charge >= 0.3 is 0 Å². The standard InChI is InChI=1S/C12H15BrFNO/c13-9-1-4-12(14)8(5-9)7-16-11-3-2-10(15)6-11/h1,4-5,10-11H,2-3,6-7,15H2. The highest BCUT2D eigenvalue weighted by Gasteiger charge is 2.22. The Morgan fingerprint density at radius 1 is 1.44 bits per heavy atom. The third-order valence-electron chi connectivity index (χ3n) is 2.91. The molecule has 1 aromatic rings. The van der Waals surface area contributed by atoms with E-state index in [-0.39, 0.29) is 18.0 Å². The summed E-state index contributed by atoms with van der Waals surface area (Å²) in [5, 5.41) is 0. The summed E-state index contributed by atoms with van der Waals surface area (Å²) in [5.74, 6) is -0.217. The highest BCUT2D eigenvalue weighted by molar-refractivity contribution is 9.10. The smallest absolute Gasteiger partial charge is 0.128 e. The van der Waals surface area contributed by atoms with E-state index in [0.29, 0.717) is 12.2 Å². The van der Waals surface area contributed by atoms with Gasteiger partial charge < -0.3 is 10.5 Å². The summed E-state index contributed by atoms with van der Waals surface area (Å²) in [7, 11) is 0. The van der Waals surface area contributed by atoms with Gasteiger partial charge in [0.1, 0.15) is 5.82 Å². The molecule has 0 amide bonds. The molecule has 1 aliphatic carbocycles. The molecule has 0 spiro atoms. The number of hydrogen-bond donors (Lipinski definition) is 1. The average molecular weight is 288 g/mol. The lowest BCUT2D eigenvalue weighted by Gasteiger charge is -2.12. The maximum atomic E-state index is 13.4. The van der Waals surface area contributed by atoms with Crippen molar-refractivity contribution in [2.24, 2.45) is 5.73 Å². The average Bonchev–Trinajstić information content (AvgIpc) is 2.66. The van der Waals surface area contributed by atoms with Crippen LogP contribution in [0.1, 0.15) is 24.8 Å². The maximum absolute atomic E-state index is 13.4. The Hall–Kier alpha value is -0.450. The predicted molar refractivity (Wildman–Crippen MR) is 64.5 cm³/mol. The van der Waals surface area contributed by atoms with Gasteiger partial charge in [0.25, 0.3) is 0 Å². The van der Waals surface area contributed by atoms with Crippen molar-refractivity contribution in [3.05, 3.63) is 34.1 Å². The quantitative estimate of drug-likeness (QED) is 0.928. The van der Waals surface area contributed by atoms with Crippen LogP contribution in [-0.2, 0) is 11.3 Å². The van der Waals surface area contributed by atoms with Gasteiger partial charge in [-0.2, -0.15) is 0 Å². The SMILES string of the molecule is NC1CCC(OCc2cc(Br)ccc2F)C1. The van der Waals surface area contributed by atoms with Gasteiger partial charge in [0.15, 0.2) is 0 Å². The lowest BCUT2D eigenvalue weighted by molar-refractivity contribution is 0.0432. The van der Waals surface area contributed by atoms with E-state index in [9.17, 15) is 4.39 Å². The molecule has 1 aromatic carbocycles. The highest BCUT2D eigenvalue weighted by atomic mass is 79.9. The fourth-order valence-corrected chi connectivity index (χ4v) is 2.39. The number of rotatable bonds is 3. The van der Waals surface area contributed by atoms with Crippen molar-refractivity contribution in [2.45, 2.75) is 38.0 Å². The minimum atomic E-state index is -0.217. The second-order valence-electron chi connectivity index (χ2n) is 4.24. The van der Waals surface area contributed by atoms with E-state index < -0.39 is 0 Å². The maximum Gasteiger partial charge on any atom is 0.128 e. The van der Waals surface area contributed by atoms with Crippen LogP contribution in [0.25, 0.3) is 0 Å². The molecule has 1 saturated carbocycles. The van der Waals surface area contributed by atoms with E-state index in [2.05, 4.69) is 15.9 Å². The van der Waals surface area contributed by atoms with Crippen molar-refractivity contribution in [1.82, 2.24) is 0 Å². The number of nitrogens with two attached hydrogens (primary N) is 1. The first kappa shape index (κ1) is 12.0. The molecule has 1 aliphatic rings. The van der Waals surface area contributed by atoms with Gasteiger partial charge in [0, 0.05) is 16.1 Å². The summed E-state index contributed by atoms with van der Waals surface area (Å²) in [6.45, 7) is 0.322. The molecule has 0 radical (unpaired) electrons. The molecule has 88 valence electrons. The molecule has 4 heteroatoms. The number of halogens is 2. The summed E-state index contributed by atoms with van der Waals surface area (Å²) in [6, 6.07) is 5.13. The molecule has 0 saturated heterocycles. The molecule has 2 atom stereocenters. The van der Waals surface area contributed by atoms with E-state index >= 15 is 0 Å². The van der Waals surface area contributed by atoms with Crippen LogP contribution in [0.3, 0.4) is 0 Å². The molecule has 2 nitrogen and oxygen atoms in total. The monoisotopic (exact) mass is 287 g/mol. The largest absolute Gasteiger partial charge is 0.373 e. The second-order valence-corrected chi connectivity index (χ2v) is 5.16. The Kier molecular flexibility index (Phi) is 3.95. The predicted octanol–water partition coefficient (Wildman–Crippen LogP) is 2.98. The van der Waals surface area contributed by atoms with Crippen LogP contribution in [0.15, 0.2) is 22.7 Å². The normalized spacial score (nSPS) is 24.9. The van der Waals surface area contributed by atoms with Crippen molar-refractivity contribution in [2.75, 3.05) is 0 Å². The van der Waals surface area contributed by atoms with E-state index in [4.69, 9.17) is 10.5 Å². The molecule has 0 aliphatic heterocycles.